The molecule has 0 amide bonds. The van der Waals surface area contributed by atoms with E-state index >= 15 is 0 Å². The van der Waals surface area contributed by atoms with Crippen molar-refractivity contribution >= 4 is 41.0 Å². The first-order valence-electron chi connectivity index (χ1n) is 5.60. The van der Waals surface area contributed by atoms with Crippen LogP contribution < -0.4 is 34.3 Å². The van der Waals surface area contributed by atoms with Gasteiger partial charge in [-0.05, 0) is 11.8 Å². The Labute approximate surface area is 159 Å². The second-order valence-electron chi connectivity index (χ2n) is 3.25. The molecule has 1 heterocycles. The molecule has 0 aliphatic heterocycles. The average molecular weight is 353 g/mol. The number of allylic oxidation sites excluding steroid dienone is 4. The molecule has 0 atom stereocenters. The summed E-state index contributed by atoms with van der Waals surface area (Å²) in [4.78, 5) is 20.2. The monoisotopic (exact) mass is 352 g/mol. The number of thiophene rings is 1. The van der Waals surface area contributed by atoms with Crippen molar-refractivity contribution < 1.29 is 54.1 Å². The minimum absolute atomic E-state index is 0. The minimum atomic E-state index is -1.07. The van der Waals surface area contributed by atoms with Crippen LogP contribution in [0.2, 0.25) is 5.02 Å². The largest absolute Gasteiger partial charge is 1.00 e. The molecule has 0 saturated heterocycles. The zero-order chi connectivity index (χ0) is 16.4. The maximum Gasteiger partial charge on any atom is 1.00 e. The van der Waals surface area contributed by atoms with Crippen molar-refractivity contribution in [2.75, 3.05) is 6.61 Å². The number of ether oxygens (including phenoxy) is 1. The predicted octanol–water partition coefficient (Wildman–Crippen LogP) is 0.762. The Kier molecular flexibility index (Phi) is 13.2. The minimum Gasteiger partial charge on any atom is -0.491 e. The summed E-state index contributed by atoms with van der Waals surface area (Å²) >= 11 is 7.19. The van der Waals surface area contributed by atoms with Gasteiger partial charge in [0.1, 0.15) is 0 Å². The summed E-state index contributed by atoms with van der Waals surface area (Å²) in [5, 5.41) is 16.3. The van der Waals surface area contributed by atoms with Crippen LogP contribution in [0.1, 0.15) is 21.5 Å². The van der Waals surface area contributed by atoms with Gasteiger partial charge in [0.25, 0.3) is 6.47 Å². The van der Waals surface area contributed by atoms with E-state index in [1.807, 2.05) is 0 Å². The van der Waals surface area contributed by atoms with Crippen molar-refractivity contribution in [2.24, 2.45) is 0 Å². The molecule has 0 aliphatic carbocycles. The Morgan fingerprint density at radius 3 is 2.41 bits per heavy atom. The fourth-order valence-electron chi connectivity index (χ4n) is 1.32. The zero-order valence-corrected chi connectivity index (χ0v) is 15.8. The van der Waals surface area contributed by atoms with Gasteiger partial charge >= 0.3 is 35.5 Å². The molecule has 8 heteroatoms. The van der Waals surface area contributed by atoms with Gasteiger partial charge in [0.2, 0.25) is 0 Å². The van der Waals surface area contributed by atoms with E-state index in [1.165, 1.54) is 0 Å². The van der Waals surface area contributed by atoms with Crippen LogP contribution in [0.5, 0.6) is 5.75 Å². The number of carboxylic acid groups (broad SMARTS) is 2. The van der Waals surface area contributed by atoms with Gasteiger partial charge in [0.05, 0.1) is 11.6 Å². The van der Waals surface area contributed by atoms with Gasteiger partial charge in [0, 0.05) is 0 Å². The summed E-state index contributed by atoms with van der Waals surface area (Å²) in [7, 11) is 0. The summed E-state index contributed by atoms with van der Waals surface area (Å²) in [5.74, 6) is -0.869. The van der Waals surface area contributed by atoms with Crippen LogP contribution >= 0.6 is 22.9 Å². The first kappa shape index (κ1) is 23.2. The summed E-state index contributed by atoms with van der Waals surface area (Å²) in [6, 6.07) is 0. The second-order valence-corrected chi connectivity index (χ2v) is 4.65. The number of aromatic carboxylic acids is 1. The molecule has 22 heavy (non-hydrogen) atoms. The number of halogens is 1. The van der Waals surface area contributed by atoms with E-state index in [0.717, 1.165) is 11.3 Å². The molecule has 0 aromatic carbocycles. The van der Waals surface area contributed by atoms with Crippen LogP contribution in [-0.2, 0) is 4.79 Å². The van der Waals surface area contributed by atoms with Crippen LogP contribution in [0.3, 0.4) is 0 Å². The standard InChI is InChI=1S/C13H12ClO3S.CH2O2.Na/c1-4-7-8(5-2)11-9(14)10(17-6-3)12(18-11)13(15)16;2-1-3;/h5,7H,1-2,6H2,3H3,(H,15,16);1H,(H,2,3);/q-1;;+1/b8-7+;;. The van der Waals surface area contributed by atoms with E-state index in [-0.39, 0.29) is 51.7 Å². The maximum atomic E-state index is 11.1. The van der Waals surface area contributed by atoms with Crippen LogP contribution in [0.4, 0.5) is 0 Å². The number of hydrogen-bond donors (Lipinski definition) is 2. The van der Waals surface area contributed by atoms with E-state index in [2.05, 4.69) is 19.2 Å². The fourth-order valence-corrected chi connectivity index (χ4v) is 2.74. The Bertz CT molecular complexity index is 566. The third-order valence-corrected chi connectivity index (χ3v) is 3.71. The predicted molar refractivity (Wildman–Crippen MR) is 83.2 cm³/mol. The molecule has 0 unspecified atom stereocenters. The van der Waals surface area contributed by atoms with Crippen molar-refractivity contribution in [3.05, 3.63) is 46.2 Å². The van der Waals surface area contributed by atoms with Gasteiger partial charge in [-0.1, -0.05) is 11.6 Å². The molecule has 1 aromatic heterocycles. The quantitative estimate of drug-likeness (QED) is 0.342. The van der Waals surface area contributed by atoms with E-state index in [1.54, 1.807) is 19.1 Å². The normalized spacial score (nSPS) is 9.64. The number of rotatable bonds is 6. The molecular formula is C14H14ClNaO5S. The Morgan fingerprint density at radius 2 is 2.05 bits per heavy atom. The average Bonchev–Trinajstić information content (AvgIpc) is 2.75. The molecule has 0 bridgehead atoms. The number of carboxylic acids is 1. The maximum absolute atomic E-state index is 11.1. The van der Waals surface area contributed by atoms with E-state index in [0.29, 0.717) is 17.1 Å². The molecule has 1 aromatic rings. The van der Waals surface area contributed by atoms with Gasteiger partial charge in [-0.15, -0.1) is 24.0 Å². The SMILES string of the molecule is C=[C-]/C=C(\C=C)c1sc(C(=O)O)c(OCC)c1Cl.O=CO.[Na+]. The molecule has 0 radical (unpaired) electrons. The molecule has 0 fully saturated rings. The van der Waals surface area contributed by atoms with Gasteiger partial charge in [-0.2, -0.15) is 12.2 Å². The Hall–Kier alpha value is -1.05. The molecule has 0 aliphatic rings. The van der Waals surface area contributed by atoms with Crippen molar-refractivity contribution in [1.29, 1.82) is 0 Å². The van der Waals surface area contributed by atoms with E-state index < -0.39 is 5.97 Å². The summed E-state index contributed by atoms with van der Waals surface area (Å²) in [6.45, 7) is 8.98. The van der Waals surface area contributed by atoms with Crippen LogP contribution in [0.25, 0.3) is 5.57 Å². The fraction of sp³-hybridized carbons (Fsp3) is 0.143. The van der Waals surface area contributed by atoms with Gasteiger partial charge < -0.3 is 14.9 Å². The first-order chi connectivity index (χ1) is 9.98. The third-order valence-electron chi connectivity index (χ3n) is 2.03. The number of carbonyl (C=O) groups is 2. The molecule has 2 N–H and O–H groups in total. The molecule has 114 valence electrons. The summed E-state index contributed by atoms with van der Waals surface area (Å²) < 4.78 is 5.28. The molecule has 0 spiro atoms. The van der Waals surface area contributed by atoms with E-state index in [4.69, 9.17) is 31.3 Å². The first-order valence-corrected chi connectivity index (χ1v) is 6.79. The Morgan fingerprint density at radius 1 is 1.50 bits per heavy atom. The van der Waals surface area contributed by atoms with Crippen molar-refractivity contribution in [1.82, 2.24) is 0 Å². The smallest absolute Gasteiger partial charge is 0.491 e. The zero-order valence-electron chi connectivity index (χ0n) is 12.3. The van der Waals surface area contributed by atoms with Crippen LogP contribution in [-0.4, -0.2) is 29.3 Å². The van der Waals surface area contributed by atoms with E-state index in [9.17, 15) is 4.79 Å². The van der Waals surface area contributed by atoms with Crippen molar-refractivity contribution in [3.63, 3.8) is 0 Å². The number of hydrogen-bond acceptors (Lipinski definition) is 4. The summed E-state index contributed by atoms with van der Waals surface area (Å²) in [5.41, 5.74) is 0.661. The van der Waals surface area contributed by atoms with Gasteiger partial charge in [0.15, 0.2) is 10.6 Å². The van der Waals surface area contributed by atoms with Gasteiger partial charge in [-0.25, -0.2) is 10.9 Å². The summed E-state index contributed by atoms with van der Waals surface area (Å²) in [6.07, 6.45) is 5.77. The van der Waals surface area contributed by atoms with Crippen LogP contribution in [0, 0.1) is 6.08 Å². The second kappa shape index (κ2) is 12.5. The van der Waals surface area contributed by atoms with Crippen LogP contribution in [0.15, 0.2) is 25.3 Å². The third kappa shape index (κ3) is 6.37. The van der Waals surface area contributed by atoms with Gasteiger partial charge in [-0.3, -0.25) is 10.9 Å². The molecule has 0 saturated carbocycles. The topological polar surface area (TPSA) is 83.8 Å². The molecular weight excluding hydrogens is 339 g/mol. The molecule has 5 nitrogen and oxygen atoms in total. The van der Waals surface area contributed by atoms with Crippen molar-refractivity contribution in [3.8, 4) is 5.75 Å². The Balaban J connectivity index is 0. The molecule has 1 rings (SSSR count). The van der Waals surface area contributed by atoms with Crippen molar-refractivity contribution in [2.45, 2.75) is 6.92 Å².